The predicted molar refractivity (Wildman–Crippen MR) is 141 cm³/mol. The maximum atomic E-state index is 10.1. The van der Waals surface area contributed by atoms with Gasteiger partial charge in [0, 0.05) is 5.56 Å². The van der Waals surface area contributed by atoms with Crippen LogP contribution in [-0.2, 0) is 0 Å². The molecule has 36 heavy (non-hydrogen) atoms. The Balaban J connectivity index is 1.53. The number of fused-ring (bicyclic) bond motifs is 1. The highest BCUT2D eigenvalue weighted by atomic mass is 16.5. The zero-order valence-corrected chi connectivity index (χ0v) is 20.5. The minimum absolute atomic E-state index is 0.0468. The van der Waals surface area contributed by atoms with Crippen LogP contribution in [-0.4, -0.2) is 26.4 Å². The molecule has 0 saturated heterocycles. The van der Waals surface area contributed by atoms with Crippen molar-refractivity contribution >= 4 is 12.2 Å². The van der Waals surface area contributed by atoms with Crippen LogP contribution in [0.1, 0.15) is 39.8 Å². The van der Waals surface area contributed by atoms with Crippen molar-refractivity contribution in [2.45, 2.75) is 12.0 Å². The second-order valence-corrected chi connectivity index (χ2v) is 8.62. The largest absolute Gasteiger partial charge is 0.504 e. The first-order valence-electron chi connectivity index (χ1n) is 11.7. The second-order valence-electron chi connectivity index (χ2n) is 8.62. The van der Waals surface area contributed by atoms with Gasteiger partial charge in [-0.2, -0.15) is 0 Å². The van der Waals surface area contributed by atoms with Crippen LogP contribution in [0.2, 0.25) is 0 Å². The first-order valence-corrected chi connectivity index (χ1v) is 11.7. The molecule has 0 amide bonds. The molecule has 0 aromatic heterocycles. The van der Waals surface area contributed by atoms with Gasteiger partial charge in [0.1, 0.15) is 23.4 Å². The van der Waals surface area contributed by atoms with Gasteiger partial charge in [-0.1, -0.05) is 48.6 Å². The van der Waals surface area contributed by atoms with Crippen molar-refractivity contribution in [2.75, 3.05) is 21.3 Å². The molecule has 5 heteroatoms. The smallest absolute Gasteiger partial charge is 0.160 e. The quantitative estimate of drug-likeness (QED) is 0.293. The van der Waals surface area contributed by atoms with Gasteiger partial charge in [0.2, 0.25) is 0 Å². The van der Waals surface area contributed by atoms with Crippen LogP contribution in [0.5, 0.6) is 28.7 Å². The van der Waals surface area contributed by atoms with E-state index >= 15 is 0 Å². The highest BCUT2D eigenvalue weighted by Gasteiger charge is 2.37. The molecule has 0 aliphatic carbocycles. The molecule has 0 spiro atoms. The molecule has 0 radical (unpaired) electrons. The Morgan fingerprint density at radius 2 is 1.28 bits per heavy atom. The summed E-state index contributed by atoms with van der Waals surface area (Å²) in [5.74, 6) is 2.95. The van der Waals surface area contributed by atoms with Crippen LogP contribution in [0, 0.1) is 0 Å². The van der Waals surface area contributed by atoms with Gasteiger partial charge in [-0.3, -0.25) is 0 Å². The van der Waals surface area contributed by atoms with Gasteiger partial charge < -0.3 is 24.1 Å². The number of phenolic OH excluding ortho intramolecular Hbond substituents is 1. The molecule has 0 saturated carbocycles. The molecule has 2 unspecified atom stereocenters. The first-order chi connectivity index (χ1) is 17.6. The Kier molecular flexibility index (Phi) is 6.54. The van der Waals surface area contributed by atoms with Crippen molar-refractivity contribution in [3.05, 3.63) is 113 Å². The van der Waals surface area contributed by atoms with Crippen LogP contribution in [0.25, 0.3) is 12.2 Å². The fraction of sp³-hybridized carbons (Fsp3) is 0.161. The van der Waals surface area contributed by atoms with Gasteiger partial charge in [-0.15, -0.1) is 0 Å². The molecule has 0 fully saturated rings. The molecule has 2 atom stereocenters. The molecule has 4 aromatic rings. The highest BCUT2D eigenvalue weighted by molar-refractivity contribution is 5.71. The topological polar surface area (TPSA) is 57.2 Å². The molecule has 5 nitrogen and oxygen atoms in total. The minimum Gasteiger partial charge on any atom is -0.504 e. The third-order valence-electron chi connectivity index (χ3n) is 6.52. The lowest BCUT2D eigenvalue weighted by atomic mass is 9.84. The van der Waals surface area contributed by atoms with Crippen LogP contribution in [0.3, 0.4) is 0 Å². The maximum Gasteiger partial charge on any atom is 0.160 e. The van der Waals surface area contributed by atoms with Gasteiger partial charge in [-0.25, -0.2) is 0 Å². The van der Waals surface area contributed by atoms with E-state index in [-0.39, 0.29) is 17.8 Å². The van der Waals surface area contributed by atoms with Gasteiger partial charge >= 0.3 is 0 Å². The second kappa shape index (κ2) is 10.1. The fourth-order valence-electron chi connectivity index (χ4n) is 4.59. The number of hydrogen-bond donors (Lipinski definition) is 1. The summed E-state index contributed by atoms with van der Waals surface area (Å²) in [7, 11) is 4.87. The van der Waals surface area contributed by atoms with Gasteiger partial charge in [0.25, 0.3) is 0 Å². The summed E-state index contributed by atoms with van der Waals surface area (Å²) in [4.78, 5) is 0. The SMILES string of the molecule is COc1ccc(/C=C/c2ccc3c(c2)C(c2ccc(OC)cc2)C(c2ccc(O)c(OC)c2)O3)cc1. The summed E-state index contributed by atoms with van der Waals surface area (Å²) in [6, 6.07) is 27.7. The molecule has 0 bridgehead atoms. The van der Waals surface area contributed by atoms with Crippen molar-refractivity contribution in [1.82, 2.24) is 0 Å². The third kappa shape index (κ3) is 4.60. The van der Waals surface area contributed by atoms with Crippen LogP contribution in [0.15, 0.2) is 84.9 Å². The van der Waals surface area contributed by atoms with E-state index in [1.807, 2.05) is 54.6 Å². The fourth-order valence-corrected chi connectivity index (χ4v) is 4.59. The lowest BCUT2D eigenvalue weighted by Crippen LogP contribution is -2.11. The number of ether oxygens (including phenoxy) is 4. The van der Waals surface area contributed by atoms with Crippen molar-refractivity contribution in [3.8, 4) is 28.7 Å². The Labute approximate surface area is 211 Å². The number of aromatic hydroxyl groups is 1. The lowest BCUT2D eigenvalue weighted by Gasteiger charge is -2.21. The Bertz CT molecular complexity index is 1370. The molecular formula is C31H28O5. The van der Waals surface area contributed by atoms with Crippen LogP contribution >= 0.6 is 0 Å². The van der Waals surface area contributed by atoms with Crippen LogP contribution in [0.4, 0.5) is 0 Å². The summed E-state index contributed by atoms with van der Waals surface area (Å²) in [5, 5.41) is 10.1. The number of methoxy groups -OCH3 is 3. The van der Waals surface area contributed by atoms with Crippen molar-refractivity contribution in [2.24, 2.45) is 0 Å². The molecular weight excluding hydrogens is 452 g/mol. The van der Waals surface area contributed by atoms with E-state index in [1.54, 1.807) is 27.4 Å². The van der Waals surface area contributed by atoms with E-state index in [2.05, 4.69) is 36.4 Å². The van der Waals surface area contributed by atoms with Gasteiger partial charge in [0.15, 0.2) is 11.5 Å². The molecule has 1 heterocycles. The summed E-state index contributed by atoms with van der Waals surface area (Å²) in [6.07, 6.45) is 3.91. The molecule has 4 aromatic carbocycles. The van der Waals surface area contributed by atoms with Crippen LogP contribution < -0.4 is 18.9 Å². The predicted octanol–water partition coefficient (Wildman–Crippen LogP) is 6.85. The molecule has 182 valence electrons. The summed E-state index contributed by atoms with van der Waals surface area (Å²) in [5.41, 5.74) is 5.32. The number of rotatable bonds is 7. The molecule has 5 rings (SSSR count). The molecule has 1 N–H and O–H groups in total. The van der Waals surface area contributed by atoms with E-state index in [0.717, 1.165) is 45.1 Å². The number of hydrogen-bond acceptors (Lipinski definition) is 5. The average Bonchev–Trinajstić information content (AvgIpc) is 3.31. The average molecular weight is 481 g/mol. The zero-order valence-electron chi connectivity index (χ0n) is 20.5. The van der Waals surface area contributed by atoms with E-state index in [9.17, 15) is 5.11 Å². The van der Waals surface area contributed by atoms with E-state index in [0.29, 0.717) is 5.75 Å². The first kappa shape index (κ1) is 23.4. The Morgan fingerprint density at radius 3 is 1.94 bits per heavy atom. The minimum atomic E-state index is -0.274. The van der Waals surface area contributed by atoms with Crippen molar-refractivity contribution in [1.29, 1.82) is 0 Å². The summed E-state index contributed by atoms with van der Waals surface area (Å²) < 4.78 is 22.5. The van der Waals surface area contributed by atoms with E-state index < -0.39 is 0 Å². The highest BCUT2D eigenvalue weighted by Crippen LogP contribution is 2.50. The number of phenols is 1. The third-order valence-corrected chi connectivity index (χ3v) is 6.52. The van der Waals surface area contributed by atoms with Crippen molar-refractivity contribution < 1.29 is 24.1 Å². The Hall–Kier alpha value is -4.38. The molecule has 1 aliphatic heterocycles. The van der Waals surface area contributed by atoms with Crippen molar-refractivity contribution in [3.63, 3.8) is 0 Å². The van der Waals surface area contributed by atoms with Gasteiger partial charge in [0.05, 0.1) is 27.2 Å². The standard InChI is InChI=1S/C31H28O5/c1-33-24-12-6-20(7-13-24)4-5-21-8-17-28-26(18-21)30(22-9-14-25(34-2)15-10-22)31(36-28)23-11-16-27(32)29(19-23)35-3/h4-19,30-32H,1-3H3/b5-4+. The maximum absolute atomic E-state index is 10.1. The monoisotopic (exact) mass is 480 g/mol. The zero-order chi connectivity index (χ0) is 25.1. The molecule has 1 aliphatic rings. The normalized spacial score (nSPS) is 16.4. The van der Waals surface area contributed by atoms with E-state index in [4.69, 9.17) is 18.9 Å². The summed E-state index contributed by atoms with van der Waals surface area (Å²) >= 11 is 0. The van der Waals surface area contributed by atoms with Gasteiger partial charge in [-0.05, 0) is 70.8 Å². The van der Waals surface area contributed by atoms with E-state index in [1.165, 1.54) is 0 Å². The lowest BCUT2D eigenvalue weighted by molar-refractivity contribution is 0.221. The summed E-state index contributed by atoms with van der Waals surface area (Å²) in [6.45, 7) is 0. The Morgan fingerprint density at radius 1 is 0.667 bits per heavy atom. The number of benzene rings is 4.